The molecule has 0 spiro atoms. The first kappa shape index (κ1) is 15.4. The van der Waals surface area contributed by atoms with Gasteiger partial charge in [-0.1, -0.05) is 37.3 Å². The molecule has 0 aliphatic carbocycles. The van der Waals surface area contributed by atoms with Crippen LogP contribution in [0.3, 0.4) is 0 Å². The van der Waals surface area contributed by atoms with Gasteiger partial charge < -0.3 is 5.32 Å². The average Bonchev–Trinajstić information content (AvgIpc) is 3.15. The lowest BCUT2D eigenvalue weighted by atomic mass is 10.2. The zero-order valence-electron chi connectivity index (χ0n) is 13.1. The van der Waals surface area contributed by atoms with Crippen molar-refractivity contribution < 1.29 is 4.79 Å². The molecular weight excluding hydrogens is 308 g/mol. The fourth-order valence-electron chi connectivity index (χ4n) is 2.31. The number of carbonyl (C=O) groups excluding carboxylic acids is 1. The molecule has 2 aromatic heterocycles. The van der Waals surface area contributed by atoms with Crippen LogP contribution in [0.1, 0.15) is 25.6 Å². The largest absolute Gasteiger partial charge is 0.310 e. The van der Waals surface area contributed by atoms with Gasteiger partial charge in [0.05, 0.1) is 11.9 Å². The number of nitrogens with zero attached hydrogens (tertiary/aromatic N) is 3. The summed E-state index contributed by atoms with van der Waals surface area (Å²) in [5.41, 5.74) is 1.99. The van der Waals surface area contributed by atoms with Gasteiger partial charge in [0, 0.05) is 17.4 Å². The molecule has 0 bridgehead atoms. The highest BCUT2D eigenvalue weighted by Crippen LogP contribution is 2.27. The number of carbonyl (C=O) groups is 1. The van der Waals surface area contributed by atoms with Gasteiger partial charge in [-0.25, -0.2) is 9.97 Å². The molecule has 2 heterocycles. The highest BCUT2D eigenvalue weighted by Gasteiger charge is 2.14. The molecule has 0 saturated heterocycles. The second-order valence-electron chi connectivity index (χ2n) is 5.21. The third kappa shape index (κ3) is 3.32. The number of aromatic nitrogens is 3. The van der Waals surface area contributed by atoms with Gasteiger partial charge in [0.1, 0.15) is 11.6 Å². The standard InChI is InChI=1S/C17H18N4OS/c1-3-7-16(22)20-15-10-18-12(2)21(15)17-19-14(11-23-17)13-8-5-4-6-9-13/h4-6,8-11H,3,7H2,1-2H3,(H,20,22). The Kier molecular flexibility index (Phi) is 4.52. The first-order valence-electron chi connectivity index (χ1n) is 7.54. The number of nitrogens with one attached hydrogen (secondary N) is 1. The second kappa shape index (κ2) is 6.75. The Labute approximate surface area is 139 Å². The molecule has 6 heteroatoms. The van der Waals surface area contributed by atoms with Crippen LogP contribution in [-0.4, -0.2) is 20.4 Å². The van der Waals surface area contributed by atoms with Crippen LogP contribution in [-0.2, 0) is 4.79 Å². The van der Waals surface area contributed by atoms with Crippen LogP contribution in [0.25, 0.3) is 16.4 Å². The molecule has 0 saturated carbocycles. The summed E-state index contributed by atoms with van der Waals surface area (Å²) < 4.78 is 1.88. The summed E-state index contributed by atoms with van der Waals surface area (Å²) in [5, 5.41) is 5.72. The zero-order chi connectivity index (χ0) is 16.2. The van der Waals surface area contributed by atoms with E-state index in [2.05, 4.69) is 15.3 Å². The number of anilines is 1. The van der Waals surface area contributed by atoms with Gasteiger partial charge in [0.2, 0.25) is 5.91 Å². The molecule has 1 N–H and O–H groups in total. The van der Waals surface area contributed by atoms with E-state index >= 15 is 0 Å². The van der Waals surface area contributed by atoms with Gasteiger partial charge in [0.25, 0.3) is 0 Å². The number of hydrogen-bond donors (Lipinski definition) is 1. The van der Waals surface area contributed by atoms with Crippen molar-refractivity contribution in [1.82, 2.24) is 14.5 Å². The van der Waals surface area contributed by atoms with E-state index in [0.29, 0.717) is 12.2 Å². The molecule has 0 aliphatic rings. The molecule has 0 radical (unpaired) electrons. The Morgan fingerprint density at radius 1 is 1.30 bits per heavy atom. The molecule has 3 aromatic rings. The van der Waals surface area contributed by atoms with Crippen molar-refractivity contribution in [2.24, 2.45) is 0 Å². The third-order valence-electron chi connectivity index (χ3n) is 3.44. The van der Waals surface area contributed by atoms with Gasteiger partial charge in [0.15, 0.2) is 5.13 Å². The second-order valence-corrected chi connectivity index (χ2v) is 6.04. The van der Waals surface area contributed by atoms with E-state index in [-0.39, 0.29) is 5.91 Å². The van der Waals surface area contributed by atoms with Crippen LogP contribution in [0.2, 0.25) is 0 Å². The maximum absolute atomic E-state index is 11.9. The monoisotopic (exact) mass is 326 g/mol. The highest BCUT2D eigenvalue weighted by atomic mass is 32.1. The number of amides is 1. The molecule has 1 aromatic carbocycles. The van der Waals surface area contributed by atoms with E-state index in [1.807, 2.05) is 54.1 Å². The number of hydrogen-bond acceptors (Lipinski definition) is 4. The van der Waals surface area contributed by atoms with Gasteiger partial charge in [-0.05, 0) is 13.3 Å². The lowest BCUT2D eigenvalue weighted by molar-refractivity contribution is -0.116. The summed E-state index contributed by atoms with van der Waals surface area (Å²) in [6, 6.07) is 10.0. The number of imidazole rings is 1. The minimum absolute atomic E-state index is 0.00603. The Bertz CT molecular complexity index is 807. The minimum Gasteiger partial charge on any atom is -0.310 e. The zero-order valence-corrected chi connectivity index (χ0v) is 13.9. The highest BCUT2D eigenvalue weighted by molar-refractivity contribution is 7.12. The quantitative estimate of drug-likeness (QED) is 0.769. The van der Waals surface area contributed by atoms with Crippen molar-refractivity contribution in [2.45, 2.75) is 26.7 Å². The van der Waals surface area contributed by atoms with Crippen LogP contribution in [0, 0.1) is 6.92 Å². The molecule has 5 nitrogen and oxygen atoms in total. The molecule has 0 fully saturated rings. The smallest absolute Gasteiger partial charge is 0.225 e. The predicted octanol–water partition coefficient (Wildman–Crippen LogP) is 4.04. The summed E-state index contributed by atoms with van der Waals surface area (Å²) in [7, 11) is 0. The molecule has 0 unspecified atom stereocenters. The van der Waals surface area contributed by atoms with Crippen molar-refractivity contribution in [3.63, 3.8) is 0 Å². The average molecular weight is 326 g/mol. The number of rotatable bonds is 5. The van der Waals surface area contributed by atoms with Crippen LogP contribution >= 0.6 is 11.3 Å². The lowest BCUT2D eigenvalue weighted by Crippen LogP contribution is -2.14. The fraction of sp³-hybridized carbons (Fsp3) is 0.235. The Hall–Kier alpha value is -2.47. The van der Waals surface area contributed by atoms with Crippen molar-refractivity contribution in [3.05, 3.63) is 47.7 Å². The first-order chi connectivity index (χ1) is 11.2. The Morgan fingerprint density at radius 2 is 2.09 bits per heavy atom. The summed E-state index contributed by atoms with van der Waals surface area (Å²) >= 11 is 1.53. The summed E-state index contributed by atoms with van der Waals surface area (Å²) in [5.74, 6) is 1.45. The van der Waals surface area contributed by atoms with E-state index in [0.717, 1.165) is 28.6 Å². The lowest BCUT2D eigenvalue weighted by Gasteiger charge is -2.08. The normalized spacial score (nSPS) is 10.7. The van der Waals surface area contributed by atoms with E-state index in [1.54, 1.807) is 6.20 Å². The van der Waals surface area contributed by atoms with E-state index in [4.69, 9.17) is 0 Å². The molecule has 23 heavy (non-hydrogen) atoms. The van der Waals surface area contributed by atoms with Gasteiger partial charge in [-0.2, -0.15) is 0 Å². The van der Waals surface area contributed by atoms with Gasteiger partial charge in [-0.3, -0.25) is 9.36 Å². The summed E-state index contributed by atoms with van der Waals surface area (Å²) in [4.78, 5) is 20.9. The van der Waals surface area contributed by atoms with Crippen molar-refractivity contribution in [2.75, 3.05) is 5.32 Å². The van der Waals surface area contributed by atoms with Crippen molar-refractivity contribution in [3.8, 4) is 16.4 Å². The number of benzene rings is 1. The van der Waals surface area contributed by atoms with Crippen LogP contribution in [0.4, 0.5) is 5.82 Å². The molecule has 0 aliphatic heterocycles. The maximum Gasteiger partial charge on any atom is 0.225 e. The Balaban J connectivity index is 1.92. The summed E-state index contributed by atoms with van der Waals surface area (Å²) in [6.07, 6.45) is 2.98. The van der Waals surface area contributed by atoms with Crippen molar-refractivity contribution >= 4 is 23.1 Å². The number of thiazole rings is 1. The number of aryl methyl sites for hydroxylation is 1. The molecule has 0 atom stereocenters. The molecule has 3 rings (SSSR count). The van der Waals surface area contributed by atoms with Crippen LogP contribution in [0.5, 0.6) is 0 Å². The predicted molar refractivity (Wildman–Crippen MR) is 92.9 cm³/mol. The maximum atomic E-state index is 11.9. The molecular formula is C17H18N4OS. The van der Waals surface area contributed by atoms with E-state index in [1.165, 1.54) is 11.3 Å². The molecule has 1 amide bonds. The SMILES string of the molecule is CCCC(=O)Nc1cnc(C)n1-c1nc(-c2ccccc2)cs1. The van der Waals surface area contributed by atoms with E-state index in [9.17, 15) is 4.79 Å². The Morgan fingerprint density at radius 3 is 2.83 bits per heavy atom. The van der Waals surface area contributed by atoms with Crippen LogP contribution < -0.4 is 5.32 Å². The van der Waals surface area contributed by atoms with Crippen molar-refractivity contribution in [1.29, 1.82) is 0 Å². The first-order valence-corrected chi connectivity index (χ1v) is 8.42. The van der Waals surface area contributed by atoms with E-state index < -0.39 is 0 Å². The van der Waals surface area contributed by atoms with Gasteiger partial charge >= 0.3 is 0 Å². The minimum atomic E-state index is -0.00603. The fourth-order valence-corrected chi connectivity index (χ4v) is 3.21. The van der Waals surface area contributed by atoms with Gasteiger partial charge in [-0.15, -0.1) is 11.3 Å². The summed E-state index contributed by atoms with van der Waals surface area (Å²) in [6.45, 7) is 3.88. The third-order valence-corrected chi connectivity index (χ3v) is 4.26. The van der Waals surface area contributed by atoms with Crippen LogP contribution in [0.15, 0.2) is 41.9 Å². The topological polar surface area (TPSA) is 59.8 Å². The molecule has 118 valence electrons.